The summed E-state index contributed by atoms with van der Waals surface area (Å²) in [7, 11) is 1.29. The molecule has 1 amide bonds. The normalized spacial score (nSPS) is 10.3. The number of nitrogens with one attached hydrogen (secondary N) is 1. The number of carbonyl (C=O) groups is 2. The van der Waals surface area contributed by atoms with Gasteiger partial charge in [0, 0.05) is 18.0 Å². The van der Waals surface area contributed by atoms with Crippen molar-refractivity contribution in [3.8, 4) is 0 Å². The van der Waals surface area contributed by atoms with Gasteiger partial charge in [0.05, 0.1) is 29.8 Å². The summed E-state index contributed by atoms with van der Waals surface area (Å²) < 4.78 is 4.49. The van der Waals surface area contributed by atoms with Crippen molar-refractivity contribution in [2.45, 2.75) is 12.8 Å². The Morgan fingerprint density at radius 2 is 2.10 bits per heavy atom. The topological polar surface area (TPSA) is 68.3 Å². The molecule has 0 aliphatic rings. The fourth-order valence-corrected chi connectivity index (χ4v) is 1.98. The first kappa shape index (κ1) is 14.3. The molecule has 1 heterocycles. The van der Waals surface area contributed by atoms with Crippen molar-refractivity contribution in [3.63, 3.8) is 0 Å². The Bertz CT molecular complexity index is 658. The summed E-state index contributed by atoms with van der Waals surface area (Å²) in [5.74, 6) is -0.691. The first-order valence-corrected chi connectivity index (χ1v) is 6.39. The molecule has 0 saturated carbocycles. The van der Waals surface area contributed by atoms with Crippen LogP contribution in [0, 0.1) is 0 Å². The monoisotopic (exact) mass is 292 g/mol. The van der Waals surface area contributed by atoms with E-state index in [0.29, 0.717) is 16.2 Å². The Kier molecular flexibility index (Phi) is 4.53. The van der Waals surface area contributed by atoms with E-state index in [2.05, 4.69) is 15.0 Å². The van der Waals surface area contributed by atoms with Gasteiger partial charge in [-0.3, -0.25) is 14.6 Å². The molecule has 0 radical (unpaired) electrons. The van der Waals surface area contributed by atoms with E-state index < -0.39 is 5.97 Å². The first-order chi connectivity index (χ1) is 9.61. The van der Waals surface area contributed by atoms with E-state index in [1.807, 2.05) is 6.07 Å². The minimum absolute atomic E-state index is 0.0429. The number of fused-ring (bicyclic) bond motifs is 1. The standard InChI is InChI=1S/C14H13ClN2O3/c1-20-13(19)7-6-12(18)17-11-5-4-10(15)9-3-2-8-16-14(9)11/h2-5,8H,6-7H2,1H3,(H,17,18). The van der Waals surface area contributed by atoms with E-state index in [0.717, 1.165) is 5.39 Å². The summed E-state index contributed by atoms with van der Waals surface area (Å²) in [4.78, 5) is 27.0. The van der Waals surface area contributed by atoms with Crippen LogP contribution in [-0.2, 0) is 14.3 Å². The van der Waals surface area contributed by atoms with E-state index in [4.69, 9.17) is 11.6 Å². The molecule has 2 aromatic rings. The summed E-state index contributed by atoms with van der Waals surface area (Å²) in [5.41, 5.74) is 1.19. The number of methoxy groups -OCH3 is 1. The number of hydrogen-bond donors (Lipinski definition) is 1. The Labute approximate surface area is 120 Å². The molecule has 5 nitrogen and oxygen atoms in total. The smallest absolute Gasteiger partial charge is 0.306 e. The number of halogens is 1. The molecule has 0 bridgehead atoms. The highest BCUT2D eigenvalue weighted by Gasteiger charge is 2.10. The van der Waals surface area contributed by atoms with E-state index in [1.54, 1.807) is 24.4 Å². The van der Waals surface area contributed by atoms with Crippen molar-refractivity contribution >= 4 is 40.1 Å². The van der Waals surface area contributed by atoms with Gasteiger partial charge in [-0.25, -0.2) is 0 Å². The van der Waals surface area contributed by atoms with Crippen molar-refractivity contribution in [2.75, 3.05) is 12.4 Å². The van der Waals surface area contributed by atoms with Crippen molar-refractivity contribution in [1.29, 1.82) is 0 Å². The SMILES string of the molecule is COC(=O)CCC(=O)Nc1ccc(Cl)c2cccnc12. The molecule has 2 rings (SSSR count). The lowest BCUT2D eigenvalue weighted by Gasteiger charge is -2.08. The van der Waals surface area contributed by atoms with E-state index in [-0.39, 0.29) is 18.7 Å². The van der Waals surface area contributed by atoms with Crippen LogP contribution in [0.2, 0.25) is 5.02 Å². The van der Waals surface area contributed by atoms with Crippen LogP contribution in [0.5, 0.6) is 0 Å². The number of hydrogen-bond acceptors (Lipinski definition) is 4. The quantitative estimate of drug-likeness (QED) is 0.880. The van der Waals surface area contributed by atoms with Crippen LogP contribution in [0.1, 0.15) is 12.8 Å². The maximum Gasteiger partial charge on any atom is 0.306 e. The highest BCUT2D eigenvalue weighted by atomic mass is 35.5. The third kappa shape index (κ3) is 3.24. The molecule has 0 aliphatic carbocycles. The van der Waals surface area contributed by atoms with Gasteiger partial charge in [-0.1, -0.05) is 11.6 Å². The van der Waals surface area contributed by atoms with Gasteiger partial charge in [-0.2, -0.15) is 0 Å². The lowest BCUT2D eigenvalue weighted by molar-refractivity contribution is -0.141. The number of ether oxygens (including phenoxy) is 1. The van der Waals surface area contributed by atoms with E-state index in [1.165, 1.54) is 7.11 Å². The average Bonchev–Trinajstić information content (AvgIpc) is 2.48. The summed E-state index contributed by atoms with van der Waals surface area (Å²) in [6, 6.07) is 6.99. The highest BCUT2D eigenvalue weighted by Crippen LogP contribution is 2.27. The zero-order valence-electron chi connectivity index (χ0n) is 10.9. The van der Waals surface area contributed by atoms with Gasteiger partial charge in [0.15, 0.2) is 0 Å². The molecule has 1 N–H and O–H groups in total. The number of pyridine rings is 1. The molecule has 0 spiro atoms. The predicted octanol–water partition coefficient (Wildman–Crippen LogP) is 2.78. The largest absolute Gasteiger partial charge is 0.469 e. The van der Waals surface area contributed by atoms with Crippen molar-refractivity contribution in [1.82, 2.24) is 4.98 Å². The third-order valence-electron chi connectivity index (χ3n) is 2.77. The molecule has 0 unspecified atom stereocenters. The third-order valence-corrected chi connectivity index (χ3v) is 3.10. The Morgan fingerprint density at radius 1 is 1.30 bits per heavy atom. The van der Waals surface area contributed by atoms with Crippen molar-refractivity contribution in [2.24, 2.45) is 0 Å². The zero-order chi connectivity index (χ0) is 14.5. The molecule has 0 atom stereocenters. The molecule has 0 aliphatic heterocycles. The number of amides is 1. The van der Waals surface area contributed by atoms with Gasteiger partial charge >= 0.3 is 5.97 Å². The summed E-state index contributed by atoms with van der Waals surface area (Å²) >= 11 is 6.07. The average molecular weight is 293 g/mol. The van der Waals surface area contributed by atoms with Gasteiger partial charge in [-0.15, -0.1) is 0 Å². The molecule has 1 aromatic heterocycles. The van der Waals surface area contributed by atoms with Crippen LogP contribution in [0.15, 0.2) is 30.5 Å². The number of carbonyl (C=O) groups excluding carboxylic acids is 2. The van der Waals surface area contributed by atoms with Crippen LogP contribution in [0.25, 0.3) is 10.9 Å². The number of anilines is 1. The minimum Gasteiger partial charge on any atom is -0.469 e. The van der Waals surface area contributed by atoms with Crippen LogP contribution < -0.4 is 5.32 Å². The van der Waals surface area contributed by atoms with Crippen LogP contribution >= 0.6 is 11.6 Å². The van der Waals surface area contributed by atoms with Gasteiger partial charge in [0.25, 0.3) is 0 Å². The lowest BCUT2D eigenvalue weighted by atomic mass is 10.2. The highest BCUT2D eigenvalue weighted by molar-refractivity contribution is 6.35. The van der Waals surface area contributed by atoms with Crippen LogP contribution in [0.4, 0.5) is 5.69 Å². The number of aromatic nitrogens is 1. The second-order valence-corrected chi connectivity index (χ2v) is 4.53. The second-order valence-electron chi connectivity index (χ2n) is 4.12. The van der Waals surface area contributed by atoms with Crippen molar-refractivity contribution < 1.29 is 14.3 Å². The number of nitrogens with zero attached hydrogens (tertiary/aromatic N) is 1. The maximum atomic E-state index is 11.8. The Hall–Kier alpha value is -2.14. The molecule has 0 fully saturated rings. The fraction of sp³-hybridized carbons (Fsp3) is 0.214. The van der Waals surface area contributed by atoms with Gasteiger partial charge in [0.1, 0.15) is 0 Å². The molecule has 6 heteroatoms. The molecular weight excluding hydrogens is 280 g/mol. The number of esters is 1. The van der Waals surface area contributed by atoms with Gasteiger partial charge in [0.2, 0.25) is 5.91 Å². The molecular formula is C14H13ClN2O3. The van der Waals surface area contributed by atoms with E-state index in [9.17, 15) is 9.59 Å². The fourth-order valence-electron chi connectivity index (χ4n) is 1.77. The molecule has 20 heavy (non-hydrogen) atoms. The number of rotatable bonds is 4. The zero-order valence-corrected chi connectivity index (χ0v) is 11.6. The maximum absolute atomic E-state index is 11.8. The molecule has 1 aromatic carbocycles. The van der Waals surface area contributed by atoms with Gasteiger partial charge < -0.3 is 10.1 Å². The predicted molar refractivity (Wildman–Crippen MR) is 76.6 cm³/mol. The summed E-state index contributed by atoms with van der Waals surface area (Å²) in [6.07, 6.45) is 1.73. The summed E-state index contributed by atoms with van der Waals surface area (Å²) in [5, 5.41) is 4.06. The summed E-state index contributed by atoms with van der Waals surface area (Å²) in [6.45, 7) is 0. The molecule has 0 saturated heterocycles. The second kappa shape index (κ2) is 6.34. The van der Waals surface area contributed by atoms with Gasteiger partial charge in [-0.05, 0) is 24.3 Å². The van der Waals surface area contributed by atoms with E-state index >= 15 is 0 Å². The van der Waals surface area contributed by atoms with Crippen molar-refractivity contribution in [3.05, 3.63) is 35.5 Å². The number of benzene rings is 1. The minimum atomic E-state index is -0.417. The Morgan fingerprint density at radius 3 is 2.85 bits per heavy atom. The molecule has 104 valence electrons. The first-order valence-electron chi connectivity index (χ1n) is 6.01. The lowest BCUT2D eigenvalue weighted by Crippen LogP contribution is -2.14. The van der Waals surface area contributed by atoms with Crippen LogP contribution in [0.3, 0.4) is 0 Å². The van der Waals surface area contributed by atoms with Crippen LogP contribution in [-0.4, -0.2) is 24.0 Å². The Balaban J connectivity index is 2.16.